The molecule has 0 fully saturated rings. The van der Waals surface area contributed by atoms with Crippen molar-refractivity contribution in [2.75, 3.05) is 17.7 Å². The number of hydrogen-bond acceptors (Lipinski definition) is 5. The number of hydrogen-bond donors (Lipinski definition) is 2. The van der Waals surface area contributed by atoms with Gasteiger partial charge in [-0.2, -0.15) is 0 Å². The van der Waals surface area contributed by atoms with Crippen LogP contribution >= 0.6 is 0 Å². The summed E-state index contributed by atoms with van der Waals surface area (Å²) in [6.07, 6.45) is 0. The van der Waals surface area contributed by atoms with Gasteiger partial charge in [0.05, 0.1) is 7.11 Å². The maximum Gasteiger partial charge on any atom is 0.247 e. The zero-order chi connectivity index (χ0) is 14.5. The van der Waals surface area contributed by atoms with Crippen LogP contribution in [0.4, 0.5) is 11.5 Å². The van der Waals surface area contributed by atoms with E-state index in [0.717, 1.165) is 11.4 Å². The van der Waals surface area contributed by atoms with Crippen molar-refractivity contribution in [3.05, 3.63) is 36.1 Å². The molecule has 0 radical (unpaired) electrons. The van der Waals surface area contributed by atoms with Crippen LogP contribution in [-0.4, -0.2) is 24.2 Å². The molecule has 0 aliphatic heterocycles. The van der Waals surface area contributed by atoms with E-state index in [9.17, 15) is 4.79 Å². The topological polar surface area (TPSA) is 76.4 Å². The number of ether oxygens (including phenoxy) is 1. The van der Waals surface area contributed by atoms with Gasteiger partial charge in [0, 0.05) is 11.8 Å². The molecule has 106 valence electrons. The van der Waals surface area contributed by atoms with Crippen molar-refractivity contribution in [2.45, 2.75) is 19.9 Å². The highest BCUT2D eigenvalue weighted by Gasteiger charge is 2.14. The maximum atomic E-state index is 12.0. The average molecular weight is 275 g/mol. The predicted molar refractivity (Wildman–Crippen MR) is 75.9 cm³/mol. The smallest absolute Gasteiger partial charge is 0.247 e. The number of carbonyl (C=O) groups excluding carboxylic acids is 1. The fraction of sp³-hybridized carbons (Fsp3) is 0.286. The molecule has 1 aromatic carbocycles. The number of amides is 1. The largest absolute Gasteiger partial charge is 0.497 e. The minimum atomic E-state index is -0.402. The second kappa shape index (κ2) is 6.10. The highest BCUT2D eigenvalue weighted by molar-refractivity contribution is 5.95. The first-order chi connectivity index (χ1) is 9.58. The van der Waals surface area contributed by atoms with Crippen LogP contribution in [-0.2, 0) is 4.79 Å². The number of carbonyl (C=O) groups is 1. The molecular formula is C14H17N3O3. The van der Waals surface area contributed by atoms with Crippen molar-refractivity contribution in [1.29, 1.82) is 0 Å². The number of anilines is 2. The Morgan fingerprint density at radius 3 is 2.60 bits per heavy atom. The van der Waals surface area contributed by atoms with Crippen LogP contribution in [0.25, 0.3) is 0 Å². The van der Waals surface area contributed by atoms with Crippen LogP contribution in [0.2, 0.25) is 0 Å². The van der Waals surface area contributed by atoms with E-state index < -0.39 is 6.04 Å². The average Bonchev–Trinajstić information content (AvgIpc) is 2.85. The Morgan fingerprint density at radius 1 is 1.35 bits per heavy atom. The summed E-state index contributed by atoms with van der Waals surface area (Å²) in [6.45, 7) is 3.54. The van der Waals surface area contributed by atoms with Gasteiger partial charge in [0.2, 0.25) is 5.91 Å². The molecule has 1 amide bonds. The SMILES string of the molecule is COc1ccc(NC(C)C(=O)Nc2cc(C)on2)cc1. The van der Waals surface area contributed by atoms with Crippen molar-refractivity contribution in [3.8, 4) is 5.75 Å². The highest BCUT2D eigenvalue weighted by Crippen LogP contribution is 2.16. The van der Waals surface area contributed by atoms with Gasteiger partial charge in [-0.25, -0.2) is 0 Å². The van der Waals surface area contributed by atoms with Crippen LogP contribution in [0.5, 0.6) is 5.75 Å². The minimum Gasteiger partial charge on any atom is -0.497 e. The van der Waals surface area contributed by atoms with E-state index in [1.165, 1.54) is 0 Å². The van der Waals surface area contributed by atoms with Gasteiger partial charge in [-0.1, -0.05) is 5.16 Å². The third kappa shape index (κ3) is 3.50. The Hall–Kier alpha value is -2.50. The molecule has 6 nitrogen and oxygen atoms in total. The molecule has 0 aliphatic rings. The quantitative estimate of drug-likeness (QED) is 0.876. The maximum absolute atomic E-state index is 12.0. The van der Waals surface area contributed by atoms with Gasteiger partial charge in [0.25, 0.3) is 0 Å². The summed E-state index contributed by atoms with van der Waals surface area (Å²) in [5.41, 5.74) is 0.838. The molecule has 2 rings (SSSR count). The second-order valence-electron chi connectivity index (χ2n) is 4.41. The molecule has 2 aromatic rings. The van der Waals surface area contributed by atoms with E-state index in [1.54, 1.807) is 27.0 Å². The zero-order valence-corrected chi connectivity index (χ0v) is 11.6. The Morgan fingerprint density at radius 2 is 2.05 bits per heavy atom. The molecule has 0 bridgehead atoms. The zero-order valence-electron chi connectivity index (χ0n) is 11.6. The van der Waals surface area contributed by atoms with Crippen LogP contribution in [0.1, 0.15) is 12.7 Å². The van der Waals surface area contributed by atoms with E-state index in [4.69, 9.17) is 9.26 Å². The molecule has 2 N–H and O–H groups in total. The molecule has 0 aliphatic carbocycles. The van der Waals surface area contributed by atoms with Gasteiger partial charge in [0.1, 0.15) is 17.6 Å². The molecule has 1 aromatic heterocycles. The predicted octanol–water partition coefficient (Wildman–Crippen LogP) is 2.43. The third-order valence-electron chi connectivity index (χ3n) is 2.75. The Bertz CT molecular complexity index is 578. The molecule has 0 spiro atoms. The number of nitrogens with zero attached hydrogens (tertiary/aromatic N) is 1. The van der Waals surface area contributed by atoms with Crippen LogP contribution in [0.3, 0.4) is 0 Å². The molecule has 0 saturated heterocycles. The van der Waals surface area contributed by atoms with E-state index >= 15 is 0 Å². The van der Waals surface area contributed by atoms with Crippen LogP contribution < -0.4 is 15.4 Å². The van der Waals surface area contributed by atoms with Gasteiger partial charge in [-0.3, -0.25) is 4.79 Å². The lowest BCUT2D eigenvalue weighted by Crippen LogP contribution is -2.31. The van der Waals surface area contributed by atoms with Crippen LogP contribution in [0, 0.1) is 6.92 Å². The van der Waals surface area contributed by atoms with E-state index in [1.807, 2.05) is 24.3 Å². The Kier molecular flexibility index (Phi) is 4.24. The lowest BCUT2D eigenvalue weighted by molar-refractivity contribution is -0.116. The number of nitrogens with one attached hydrogen (secondary N) is 2. The summed E-state index contributed by atoms with van der Waals surface area (Å²) in [5, 5.41) is 9.48. The van der Waals surface area contributed by atoms with Crippen molar-refractivity contribution >= 4 is 17.4 Å². The van der Waals surface area contributed by atoms with Crippen LogP contribution in [0.15, 0.2) is 34.9 Å². The van der Waals surface area contributed by atoms with Crippen molar-refractivity contribution in [2.24, 2.45) is 0 Å². The number of methoxy groups -OCH3 is 1. The summed E-state index contributed by atoms with van der Waals surface area (Å²) in [5.74, 6) is 1.65. The standard InChI is InChI=1S/C14H17N3O3/c1-9-8-13(17-20-9)16-14(18)10(2)15-11-4-6-12(19-3)7-5-11/h4-8,10,15H,1-3H3,(H,16,17,18). The summed E-state index contributed by atoms with van der Waals surface area (Å²) < 4.78 is 9.97. The van der Waals surface area contributed by atoms with Crippen molar-refractivity contribution in [1.82, 2.24) is 5.16 Å². The summed E-state index contributed by atoms with van der Waals surface area (Å²) in [4.78, 5) is 12.0. The fourth-order valence-electron chi connectivity index (χ4n) is 1.66. The number of aromatic nitrogens is 1. The first-order valence-electron chi connectivity index (χ1n) is 6.23. The fourth-order valence-corrected chi connectivity index (χ4v) is 1.66. The summed E-state index contributed by atoms with van der Waals surface area (Å²) in [7, 11) is 1.61. The third-order valence-corrected chi connectivity index (χ3v) is 2.75. The molecule has 6 heteroatoms. The summed E-state index contributed by atoms with van der Waals surface area (Å²) in [6, 6.07) is 8.62. The number of benzene rings is 1. The Balaban J connectivity index is 1.92. The van der Waals surface area contributed by atoms with E-state index in [-0.39, 0.29) is 5.91 Å². The molecule has 0 saturated carbocycles. The van der Waals surface area contributed by atoms with E-state index in [2.05, 4.69) is 15.8 Å². The molecule has 1 heterocycles. The molecule has 1 atom stereocenters. The Labute approximate surface area is 117 Å². The lowest BCUT2D eigenvalue weighted by atomic mass is 10.2. The van der Waals surface area contributed by atoms with Gasteiger partial charge < -0.3 is 19.9 Å². The van der Waals surface area contributed by atoms with Crippen molar-refractivity contribution in [3.63, 3.8) is 0 Å². The van der Waals surface area contributed by atoms with Gasteiger partial charge >= 0.3 is 0 Å². The minimum absolute atomic E-state index is 0.186. The first kappa shape index (κ1) is 13.9. The highest BCUT2D eigenvalue weighted by atomic mass is 16.5. The van der Waals surface area contributed by atoms with Gasteiger partial charge in [-0.15, -0.1) is 0 Å². The summed E-state index contributed by atoms with van der Waals surface area (Å²) >= 11 is 0. The van der Waals surface area contributed by atoms with Crippen molar-refractivity contribution < 1.29 is 14.1 Å². The number of aryl methyl sites for hydroxylation is 1. The number of rotatable bonds is 5. The second-order valence-corrected chi connectivity index (χ2v) is 4.41. The normalized spacial score (nSPS) is 11.8. The monoisotopic (exact) mass is 275 g/mol. The first-order valence-corrected chi connectivity index (χ1v) is 6.23. The van der Waals surface area contributed by atoms with Gasteiger partial charge in [0.15, 0.2) is 5.82 Å². The molecule has 20 heavy (non-hydrogen) atoms. The lowest BCUT2D eigenvalue weighted by Gasteiger charge is -2.14. The van der Waals surface area contributed by atoms with Gasteiger partial charge in [-0.05, 0) is 38.1 Å². The van der Waals surface area contributed by atoms with E-state index in [0.29, 0.717) is 11.6 Å². The molecular weight excluding hydrogens is 258 g/mol. The molecule has 1 unspecified atom stereocenters.